The zero-order chi connectivity index (χ0) is 12.1. The fraction of sp³-hybridized carbons (Fsp3) is 1.00. The van der Waals surface area contributed by atoms with Gasteiger partial charge in [-0.1, -0.05) is 33.1 Å². The second-order valence-electron chi connectivity index (χ2n) is 6.70. The molecule has 0 aliphatic heterocycles. The first kappa shape index (κ1) is 13.4. The molecule has 2 rings (SSSR count). The molecule has 2 saturated carbocycles. The van der Waals surface area contributed by atoms with Crippen molar-refractivity contribution >= 4 is 0 Å². The second-order valence-corrected chi connectivity index (χ2v) is 6.70. The van der Waals surface area contributed by atoms with Crippen LogP contribution in [0.5, 0.6) is 0 Å². The van der Waals surface area contributed by atoms with Crippen molar-refractivity contribution in [2.24, 2.45) is 17.8 Å². The monoisotopic (exact) mass is 237 g/mol. The highest BCUT2D eigenvalue weighted by atomic mass is 14.9. The van der Waals surface area contributed by atoms with E-state index in [9.17, 15) is 0 Å². The first-order valence-corrected chi connectivity index (χ1v) is 8.01. The summed E-state index contributed by atoms with van der Waals surface area (Å²) >= 11 is 0. The number of nitrogens with one attached hydrogen (secondary N) is 1. The number of hydrogen-bond acceptors (Lipinski definition) is 1. The van der Waals surface area contributed by atoms with Crippen LogP contribution in [0.25, 0.3) is 0 Å². The molecule has 0 aromatic rings. The van der Waals surface area contributed by atoms with E-state index in [2.05, 4.69) is 19.2 Å². The van der Waals surface area contributed by atoms with Gasteiger partial charge in [-0.3, -0.25) is 0 Å². The van der Waals surface area contributed by atoms with Crippen LogP contribution >= 0.6 is 0 Å². The predicted molar refractivity (Wildman–Crippen MR) is 75.2 cm³/mol. The minimum Gasteiger partial charge on any atom is -0.314 e. The van der Waals surface area contributed by atoms with E-state index in [1.807, 2.05) is 0 Å². The van der Waals surface area contributed by atoms with Crippen molar-refractivity contribution in [3.63, 3.8) is 0 Å². The van der Waals surface area contributed by atoms with Crippen LogP contribution in [0.2, 0.25) is 0 Å². The molecule has 2 atom stereocenters. The van der Waals surface area contributed by atoms with E-state index in [1.165, 1.54) is 64.3 Å². The van der Waals surface area contributed by atoms with Crippen LogP contribution in [0, 0.1) is 17.8 Å². The molecule has 0 saturated heterocycles. The van der Waals surface area contributed by atoms with Crippen molar-refractivity contribution in [2.75, 3.05) is 6.54 Å². The van der Waals surface area contributed by atoms with E-state index in [0.717, 1.165) is 23.8 Å². The van der Waals surface area contributed by atoms with Gasteiger partial charge in [0.15, 0.2) is 0 Å². The summed E-state index contributed by atoms with van der Waals surface area (Å²) in [5.74, 6) is 3.02. The first-order chi connectivity index (χ1) is 8.28. The molecule has 0 radical (unpaired) electrons. The summed E-state index contributed by atoms with van der Waals surface area (Å²) in [5, 5.41) is 3.85. The maximum atomic E-state index is 3.85. The molecular formula is C16H31N. The topological polar surface area (TPSA) is 12.0 Å². The Morgan fingerprint density at radius 2 is 1.65 bits per heavy atom. The summed E-state index contributed by atoms with van der Waals surface area (Å²) in [6.45, 7) is 6.04. The van der Waals surface area contributed by atoms with E-state index in [0.29, 0.717) is 0 Å². The first-order valence-electron chi connectivity index (χ1n) is 8.01. The van der Waals surface area contributed by atoms with Crippen LogP contribution in [0.3, 0.4) is 0 Å². The summed E-state index contributed by atoms with van der Waals surface area (Å²) in [5.41, 5.74) is 0. The smallest absolute Gasteiger partial charge is 0.00673 e. The Kier molecular flexibility index (Phi) is 5.34. The van der Waals surface area contributed by atoms with Crippen molar-refractivity contribution < 1.29 is 0 Å². The molecule has 1 nitrogen and oxygen atoms in total. The van der Waals surface area contributed by atoms with Gasteiger partial charge < -0.3 is 5.32 Å². The third-order valence-corrected chi connectivity index (χ3v) is 5.04. The molecule has 2 unspecified atom stereocenters. The fourth-order valence-electron chi connectivity index (χ4n) is 3.91. The summed E-state index contributed by atoms with van der Waals surface area (Å²) < 4.78 is 0. The van der Waals surface area contributed by atoms with Gasteiger partial charge in [0.1, 0.15) is 0 Å². The van der Waals surface area contributed by atoms with Gasteiger partial charge in [-0.15, -0.1) is 0 Å². The number of rotatable bonds is 5. The number of hydrogen-bond donors (Lipinski definition) is 1. The third-order valence-electron chi connectivity index (χ3n) is 5.04. The fourth-order valence-corrected chi connectivity index (χ4v) is 3.91. The molecule has 0 bridgehead atoms. The van der Waals surface area contributed by atoms with Crippen LogP contribution in [-0.4, -0.2) is 12.6 Å². The molecule has 100 valence electrons. The van der Waals surface area contributed by atoms with Crippen LogP contribution < -0.4 is 5.32 Å². The molecule has 0 aromatic heterocycles. The van der Waals surface area contributed by atoms with E-state index in [-0.39, 0.29) is 0 Å². The Bertz CT molecular complexity index is 206. The predicted octanol–water partition coefficient (Wildman–Crippen LogP) is 4.37. The average Bonchev–Trinajstić information content (AvgIpc) is 2.75. The van der Waals surface area contributed by atoms with Gasteiger partial charge in [-0.2, -0.15) is 0 Å². The van der Waals surface area contributed by atoms with E-state index in [1.54, 1.807) is 0 Å². The van der Waals surface area contributed by atoms with Gasteiger partial charge in [0, 0.05) is 6.04 Å². The van der Waals surface area contributed by atoms with Crippen molar-refractivity contribution in [2.45, 2.75) is 77.7 Å². The SMILES string of the molecule is CCCC1CCC(NCC2CCC(C)C2)CC1. The van der Waals surface area contributed by atoms with E-state index < -0.39 is 0 Å². The molecule has 1 N–H and O–H groups in total. The lowest BCUT2D eigenvalue weighted by molar-refractivity contribution is 0.269. The molecule has 2 fully saturated rings. The maximum Gasteiger partial charge on any atom is 0.00673 e. The van der Waals surface area contributed by atoms with Crippen LogP contribution in [0.15, 0.2) is 0 Å². The highest BCUT2D eigenvalue weighted by Crippen LogP contribution is 2.31. The summed E-state index contributed by atoms with van der Waals surface area (Å²) in [4.78, 5) is 0. The lowest BCUT2D eigenvalue weighted by atomic mass is 9.83. The average molecular weight is 237 g/mol. The molecule has 0 spiro atoms. The van der Waals surface area contributed by atoms with E-state index >= 15 is 0 Å². The Balaban J connectivity index is 1.58. The van der Waals surface area contributed by atoms with Gasteiger partial charge in [0.25, 0.3) is 0 Å². The summed E-state index contributed by atoms with van der Waals surface area (Å²) in [6.07, 6.45) is 13.1. The molecule has 0 amide bonds. The Morgan fingerprint density at radius 1 is 0.941 bits per heavy atom. The lowest BCUT2D eigenvalue weighted by Gasteiger charge is -2.30. The van der Waals surface area contributed by atoms with Crippen molar-refractivity contribution in [3.05, 3.63) is 0 Å². The molecule has 2 aliphatic rings. The third kappa shape index (κ3) is 4.28. The van der Waals surface area contributed by atoms with Gasteiger partial charge in [0.05, 0.1) is 0 Å². The maximum absolute atomic E-state index is 3.85. The van der Waals surface area contributed by atoms with Crippen LogP contribution in [-0.2, 0) is 0 Å². The van der Waals surface area contributed by atoms with Gasteiger partial charge in [-0.25, -0.2) is 0 Å². The molecule has 17 heavy (non-hydrogen) atoms. The van der Waals surface area contributed by atoms with Crippen molar-refractivity contribution in [1.82, 2.24) is 5.32 Å². The molecule has 1 heteroatoms. The van der Waals surface area contributed by atoms with E-state index in [4.69, 9.17) is 0 Å². The molecular weight excluding hydrogens is 206 g/mol. The minimum atomic E-state index is 0.846. The normalized spacial score (nSPS) is 38.5. The molecule has 0 heterocycles. The highest BCUT2D eigenvalue weighted by Gasteiger charge is 2.24. The Hall–Kier alpha value is -0.0400. The standard InChI is InChI=1S/C16H31N/c1-3-4-14-7-9-16(10-8-14)17-12-15-6-5-13(2)11-15/h13-17H,3-12H2,1-2H3. The molecule has 0 aromatic carbocycles. The zero-order valence-corrected chi connectivity index (χ0v) is 11.9. The van der Waals surface area contributed by atoms with Gasteiger partial charge in [0.2, 0.25) is 0 Å². The van der Waals surface area contributed by atoms with Crippen molar-refractivity contribution in [1.29, 1.82) is 0 Å². The molecule has 2 aliphatic carbocycles. The second kappa shape index (κ2) is 6.78. The van der Waals surface area contributed by atoms with Gasteiger partial charge in [-0.05, 0) is 62.8 Å². The largest absolute Gasteiger partial charge is 0.314 e. The quantitative estimate of drug-likeness (QED) is 0.748. The van der Waals surface area contributed by atoms with Crippen LogP contribution in [0.1, 0.15) is 71.6 Å². The Labute approximate surface area is 108 Å². The zero-order valence-electron chi connectivity index (χ0n) is 11.9. The summed E-state index contributed by atoms with van der Waals surface area (Å²) in [6, 6.07) is 0.846. The highest BCUT2D eigenvalue weighted by molar-refractivity contribution is 4.80. The summed E-state index contributed by atoms with van der Waals surface area (Å²) in [7, 11) is 0. The lowest BCUT2D eigenvalue weighted by Crippen LogP contribution is -2.36. The van der Waals surface area contributed by atoms with Crippen molar-refractivity contribution in [3.8, 4) is 0 Å². The minimum absolute atomic E-state index is 0.846. The van der Waals surface area contributed by atoms with Gasteiger partial charge >= 0.3 is 0 Å². The Morgan fingerprint density at radius 3 is 2.24 bits per heavy atom. The van der Waals surface area contributed by atoms with Crippen LogP contribution in [0.4, 0.5) is 0 Å².